The number of furan rings is 1. The average molecular weight is 500 g/mol. The van der Waals surface area contributed by atoms with Gasteiger partial charge >= 0.3 is 0 Å². The van der Waals surface area contributed by atoms with E-state index in [4.69, 9.17) is 9.15 Å². The second-order valence-corrected chi connectivity index (χ2v) is 11.2. The van der Waals surface area contributed by atoms with Crippen LogP contribution in [0.25, 0.3) is 21.7 Å². The van der Waals surface area contributed by atoms with Crippen molar-refractivity contribution in [3.8, 4) is 5.75 Å². The lowest BCUT2D eigenvalue weighted by Crippen LogP contribution is -2.45. The summed E-state index contributed by atoms with van der Waals surface area (Å²) in [5.41, 5.74) is 1.51. The molecule has 2 N–H and O–H groups in total. The summed E-state index contributed by atoms with van der Waals surface area (Å²) in [6.07, 6.45) is 5.25. The van der Waals surface area contributed by atoms with Gasteiger partial charge < -0.3 is 14.5 Å². The van der Waals surface area contributed by atoms with E-state index in [-0.39, 0.29) is 17.9 Å². The number of benzene rings is 2. The number of hydrogen-bond donors (Lipinski definition) is 2. The van der Waals surface area contributed by atoms with E-state index in [2.05, 4.69) is 10.6 Å². The Balaban J connectivity index is 1.23. The molecule has 186 valence electrons. The number of amides is 2. The summed E-state index contributed by atoms with van der Waals surface area (Å²) in [5, 5.41) is 8.72. The topological polar surface area (TPSA) is 118 Å². The van der Waals surface area contributed by atoms with Crippen molar-refractivity contribution in [3.63, 3.8) is 0 Å². The molecule has 0 saturated carbocycles. The van der Waals surface area contributed by atoms with Gasteiger partial charge in [0.1, 0.15) is 17.9 Å². The number of carbonyl (C=O) groups is 2. The Morgan fingerprint density at radius 2 is 1.94 bits per heavy atom. The Hall–Kier alpha value is -2.95. The average Bonchev–Trinajstić information content (AvgIpc) is 3.26. The summed E-state index contributed by atoms with van der Waals surface area (Å²) in [5.74, 6) is -0.183. The minimum atomic E-state index is -3.11. The van der Waals surface area contributed by atoms with Gasteiger partial charge in [-0.05, 0) is 54.3 Å². The molecule has 9 nitrogen and oxygen atoms in total. The van der Waals surface area contributed by atoms with E-state index in [1.165, 1.54) is 10.6 Å². The van der Waals surface area contributed by atoms with Crippen molar-refractivity contribution in [1.82, 2.24) is 14.9 Å². The molecule has 0 spiro atoms. The van der Waals surface area contributed by atoms with Crippen molar-refractivity contribution < 1.29 is 27.2 Å². The zero-order valence-corrected chi connectivity index (χ0v) is 20.4. The van der Waals surface area contributed by atoms with Gasteiger partial charge in [-0.15, -0.1) is 0 Å². The van der Waals surface area contributed by atoms with Crippen LogP contribution in [0.4, 0.5) is 0 Å². The third-order valence-corrected chi connectivity index (χ3v) is 8.20. The molecule has 3 aromatic rings. The van der Waals surface area contributed by atoms with Gasteiger partial charge in [0.2, 0.25) is 21.8 Å². The van der Waals surface area contributed by atoms with Crippen LogP contribution in [0.5, 0.6) is 5.75 Å². The zero-order chi connectivity index (χ0) is 24.6. The molecule has 0 radical (unpaired) electrons. The van der Waals surface area contributed by atoms with Crippen molar-refractivity contribution in [2.24, 2.45) is 0 Å². The van der Waals surface area contributed by atoms with Crippen LogP contribution in [0.3, 0.4) is 0 Å². The predicted molar refractivity (Wildman–Crippen MR) is 132 cm³/mol. The van der Waals surface area contributed by atoms with Crippen LogP contribution in [0.15, 0.2) is 41.0 Å². The van der Waals surface area contributed by atoms with Crippen LogP contribution in [0, 0.1) is 0 Å². The Labute approximate surface area is 203 Å². The maximum absolute atomic E-state index is 12.4. The van der Waals surface area contributed by atoms with Crippen molar-refractivity contribution in [1.29, 1.82) is 0 Å². The highest BCUT2D eigenvalue weighted by molar-refractivity contribution is 7.88. The van der Waals surface area contributed by atoms with E-state index < -0.39 is 15.9 Å². The minimum Gasteiger partial charge on any atom is -0.492 e. The molecule has 0 unspecified atom stereocenters. The fourth-order valence-corrected chi connectivity index (χ4v) is 5.90. The fourth-order valence-electron chi connectivity index (χ4n) is 5.03. The highest BCUT2D eigenvalue weighted by Crippen LogP contribution is 2.37. The molecule has 3 heterocycles. The van der Waals surface area contributed by atoms with E-state index in [9.17, 15) is 18.0 Å². The fraction of sp³-hybridized carbons (Fsp3) is 0.440. The Bertz CT molecular complexity index is 1370. The standard InChI is InChI=1S/C25H29N3O6S/c1-35(31,32)28-11-8-17(9-12-28)26-10-13-33-18-3-4-19-16(14-18)2-6-22-24(19)21(15-34-22)20-5-7-23(29)27-25(20)30/h2-4,6,14-15,17,20,26H,5,7-13H2,1H3,(H,27,29,30)/t20-/m0/s1. The SMILES string of the molecule is CS(=O)(=O)N1CCC(NCCOc2ccc3c(ccc4occ([C@@H]5CCC(=O)NC5=O)c43)c2)CC1. The van der Waals surface area contributed by atoms with Crippen LogP contribution in [-0.2, 0) is 19.6 Å². The molecule has 2 fully saturated rings. The van der Waals surface area contributed by atoms with E-state index in [0.717, 1.165) is 40.3 Å². The van der Waals surface area contributed by atoms with Crippen LogP contribution < -0.4 is 15.4 Å². The van der Waals surface area contributed by atoms with Gasteiger partial charge in [0.05, 0.1) is 18.4 Å². The molecule has 0 bridgehead atoms. The molecule has 2 aromatic carbocycles. The highest BCUT2D eigenvalue weighted by atomic mass is 32.2. The van der Waals surface area contributed by atoms with Gasteiger partial charge in [0.15, 0.2) is 0 Å². The highest BCUT2D eigenvalue weighted by Gasteiger charge is 2.31. The lowest BCUT2D eigenvalue weighted by molar-refractivity contribution is -0.134. The monoisotopic (exact) mass is 499 g/mol. The molecule has 35 heavy (non-hydrogen) atoms. The molecule has 2 aliphatic rings. The van der Waals surface area contributed by atoms with Crippen molar-refractivity contribution in [2.45, 2.75) is 37.6 Å². The summed E-state index contributed by atoms with van der Waals surface area (Å²) in [4.78, 5) is 24.0. The van der Waals surface area contributed by atoms with Crippen LogP contribution in [-0.4, -0.2) is 63.1 Å². The molecular weight excluding hydrogens is 470 g/mol. The van der Waals surface area contributed by atoms with E-state index >= 15 is 0 Å². The molecule has 2 saturated heterocycles. The van der Waals surface area contributed by atoms with E-state index in [1.54, 1.807) is 6.26 Å². The molecule has 1 atom stereocenters. The number of nitrogens with one attached hydrogen (secondary N) is 2. The first-order chi connectivity index (χ1) is 16.8. The van der Waals surface area contributed by atoms with Gasteiger partial charge in [-0.1, -0.05) is 6.07 Å². The molecule has 5 rings (SSSR count). The quantitative estimate of drug-likeness (QED) is 0.379. The van der Waals surface area contributed by atoms with Gasteiger partial charge in [-0.3, -0.25) is 14.9 Å². The molecule has 2 aliphatic heterocycles. The number of nitrogens with zero attached hydrogens (tertiary/aromatic N) is 1. The lowest BCUT2D eigenvalue weighted by Gasteiger charge is -2.30. The van der Waals surface area contributed by atoms with E-state index in [0.29, 0.717) is 44.7 Å². The smallest absolute Gasteiger partial charge is 0.234 e. The molecule has 10 heteroatoms. The molecule has 1 aromatic heterocycles. The van der Waals surface area contributed by atoms with Crippen LogP contribution in [0.2, 0.25) is 0 Å². The third-order valence-electron chi connectivity index (χ3n) is 6.90. The summed E-state index contributed by atoms with van der Waals surface area (Å²) >= 11 is 0. The summed E-state index contributed by atoms with van der Waals surface area (Å²) in [6, 6.07) is 10.0. The Morgan fingerprint density at radius 3 is 2.69 bits per heavy atom. The number of carbonyl (C=O) groups excluding carboxylic acids is 2. The van der Waals surface area contributed by atoms with Gasteiger partial charge in [0, 0.05) is 43.0 Å². The first kappa shape index (κ1) is 23.8. The maximum atomic E-state index is 12.4. The summed E-state index contributed by atoms with van der Waals surface area (Å²) < 4.78 is 36.5. The Morgan fingerprint density at radius 1 is 1.14 bits per heavy atom. The second-order valence-electron chi connectivity index (χ2n) is 9.26. The number of hydrogen-bond acceptors (Lipinski definition) is 7. The van der Waals surface area contributed by atoms with E-state index in [1.807, 2.05) is 30.3 Å². The summed E-state index contributed by atoms with van der Waals surface area (Å²) in [6.45, 7) is 2.26. The molecular formula is C25H29N3O6S. The van der Waals surface area contributed by atoms with Gasteiger partial charge in [-0.25, -0.2) is 12.7 Å². The normalized spacial score (nSPS) is 20.4. The number of rotatable bonds is 7. The second kappa shape index (κ2) is 9.60. The van der Waals surface area contributed by atoms with Crippen molar-refractivity contribution >= 4 is 43.6 Å². The lowest BCUT2D eigenvalue weighted by atomic mass is 9.89. The number of sulfonamides is 1. The minimum absolute atomic E-state index is 0.237. The number of piperidine rings is 2. The number of fused-ring (bicyclic) bond motifs is 3. The van der Waals surface area contributed by atoms with Crippen molar-refractivity contribution in [3.05, 3.63) is 42.2 Å². The zero-order valence-electron chi connectivity index (χ0n) is 19.6. The first-order valence-electron chi connectivity index (χ1n) is 11.9. The molecule has 0 aliphatic carbocycles. The number of imide groups is 1. The van der Waals surface area contributed by atoms with Gasteiger partial charge in [0.25, 0.3) is 0 Å². The van der Waals surface area contributed by atoms with Crippen LogP contribution >= 0.6 is 0 Å². The van der Waals surface area contributed by atoms with Crippen LogP contribution in [0.1, 0.15) is 37.2 Å². The largest absolute Gasteiger partial charge is 0.492 e. The Kier molecular flexibility index (Phi) is 6.52. The predicted octanol–water partition coefficient (Wildman–Crippen LogP) is 2.50. The van der Waals surface area contributed by atoms with Gasteiger partial charge in [-0.2, -0.15) is 0 Å². The first-order valence-corrected chi connectivity index (χ1v) is 13.7. The summed E-state index contributed by atoms with van der Waals surface area (Å²) in [7, 11) is -3.11. The third kappa shape index (κ3) is 5.05. The van der Waals surface area contributed by atoms with Crippen molar-refractivity contribution in [2.75, 3.05) is 32.5 Å². The molecule has 2 amide bonds. The number of ether oxygens (including phenoxy) is 1. The maximum Gasteiger partial charge on any atom is 0.234 e.